The van der Waals surface area contributed by atoms with Gasteiger partial charge >= 0.3 is 11.9 Å². The van der Waals surface area contributed by atoms with Crippen LogP contribution < -0.4 is 59.6 Å². The van der Waals surface area contributed by atoms with Gasteiger partial charge in [-0.2, -0.15) is 0 Å². The van der Waals surface area contributed by atoms with Crippen LogP contribution in [0.5, 0.6) is 46.0 Å². The highest BCUT2D eigenvalue weighted by Gasteiger charge is 2.17. The van der Waals surface area contributed by atoms with Gasteiger partial charge in [0.05, 0.1) is 62.4 Å². The summed E-state index contributed by atoms with van der Waals surface area (Å²) in [5.74, 6) is 2.56. The molecule has 3 amide bonds. The number of carbonyl (C=O) groups is 5. The number of amides is 3. The summed E-state index contributed by atoms with van der Waals surface area (Å²) in [6.07, 6.45) is 3.82. The van der Waals surface area contributed by atoms with Crippen LogP contribution in [0.1, 0.15) is 93.4 Å². The van der Waals surface area contributed by atoms with Crippen LogP contribution in [0, 0.1) is 0 Å². The minimum atomic E-state index is -0.985. The number of methoxy groups -OCH3 is 8. The molecule has 78 heavy (non-hydrogen) atoms. The maximum atomic E-state index is 12.3. The van der Waals surface area contributed by atoms with Gasteiger partial charge in [-0.05, 0) is 142 Å². The Kier molecular flexibility index (Phi) is 27.7. The molecule has 0 saturated heterocycles. The van der Waals surface area contributed by atoms with Crippen molar-refractivity contribution < 1.29 is 71.7 Å². The predicted octanol–water partition coefficient (Wildman–Crippen LogP) is 9.02. The second kappa shape index (κ2) is 33.7. The molecule has 0 atom stereocenters. The number of carboxylic acid groups (broad SMARTS) is 1. The standard InChI is InChI=1S/C21H23NO3S.C17H25NO5.C11H16N2O3.C9H10O4/c1-24-18-11-10-15(13-19(18)25-2)21(23)22-12-6-5-7-16-14-26-20-9-4-3-8-17(16)20;1-17(2,3)23-15(19)7-6-10-18-16(20)12-8-9-13(21-4)14(11-12)22-5;1-15-9-4-3-8(7-10(9)16-2)11(14)13-6-5-12;1-12-7-4-3-6(9(10)11)5-8(7)13-2/h3-4,8-11,13-14H,5-7,12H2,1-2H3,(H,22,23);8-9,11H,6-7,10H2,1-5H3,(H,18,20);3-4,7H,5-6,12H2,1-2H3,(H,13,14);3-5H,1-2H3,(H,10,11). The average molecular weight is 1100 g/mol. The summed E-state index contributed by atoms with van der Waals surface area (Å²) in [4.78, 5) is 58.1. The zero-order valence-electron chi connectivity index (χ0n) is 46.3. The third kappa shape index (κ3) is 21.1. The quantitative estimate of drug-likeness (QED) is 0.0296. The molecule has 5 aromatic carbocycles. The van der Waals surface area contributed by atoms with E-state index < -0.39 is 11.6 Å². The summed E-state index contributed by atoms with van der Waals surface area (Å²) in [7, 11) is 12.2. The number of hydrogen-bond donors (Lipinski definition) is 5. The van der Waals surface area contributed by atoms with Crippen LogP contribution in [0.4, 0.5) is 0 Å². The summed E-state index contributed by atoms with van der Waals surface area (Å²) >= 11 is 1.79. The molecule has 6 rings (SSSR count). The number of benzene rings is 5. The van der Waals surface area contributed by atoms with E-state index in [9.17, 15) is 24.0 Å². The fraction of sp³-hybridized carbons (Fsp3) is 0.362. The van der Waals surface area contributed by atoms with Gasteiger partial charge in [-0.3, -0.25) is 19.2 Å². The Morgan fingerprint density at radius 1 is 0.500 bits per heavy atom. The predicted molar refractivity (Wildman–Crippen MR) is 301 cm³/mol. The summed E-state index contributed by atoms with van der Waals surface area (Å²) in [5, 5.41) is 20.7. The average Bonchev–Trinajstić information content (AvgIpc) is 3.88. The second-order valence-corrected chi connectivity index (χ2v) is 18.5. The van der Waals surface area contributed by atoms with Crippen molar-refractivity contribution in [2.24, 2.45) is 5.73 Å². The van der Waals surface area contributed by atoms with Gasteiger partial charge in [0.2, 0.25) is 0 Å². The van der Waals surface area contributed by atoms with Crippen molar-refractivity contribution in [1.29, 1.82) is 0 Å². The molecule has 6 aromatic rings. The molecular formula is C58H74N4O15S. The Balaban J connectivity index is 0.000000283. The smallest absolute Gasteiger partial charge is 0.335 e. The van der Waals surface area contributed by atoms with Gasteiger partial charge in [-0.25, -0.2) is 4.79 Å². The number of aryl methyl sites for hydroxylation is 1. The fourth-order valence-corrected chi connectivity index (χ4v) is 8.09. The first-order valence-electron chi connectivity index (χ1n) is 24.7. The van der Waals surface area contributed by atoms with Crippen molar-refractivity contribution in [1.82, 2.24) is 16.0 Å². The lowest BCUT2D eigenvalue weighted by Crippen LogP contribution is -2.28. The van der Waals surface area contributed by atoms with E-state index in [1.807, 2.05) is 20.8 Å². The Labute approximate surface area is 460 Å². The number of esters is 1. The van der Waals surface area contributed by atoms with E-state index in [0.717, 1.165) is 19.3 Å². The zero-order valence-corrected chi connectivity index (χ0v) is 47.1. The number of thiophene rings is 1. The van der Waals surface area contributed by atoms with Crippen LogP contribution in [0.3, 0.4) is 0 Å². The molecule has 19 nitrogen and oxygen atoms in total. The van der Waals surface area contributed by atoms with Gasteiger partial charge in [-0.15, -0.1) is 11.3 Å². The van der Waals surface area contributed by atoms with Crippen LogP contribution in [0.2, 0.25) is 0 Å². The summed E-state index contributed by atoms with van der Waals surface area (Å²) in [6, 6.07) is 28.1. The van der Waals surface area contributed by atoms with Crippen LogP contribution >= 0.6 is 11.3 Å². The first-order valence-corrected chi connectivity index (χ1v) is 25.6. The molecular weight excluding hydrogens is 1020 g/mol. The van der Waals surface area contributed by atoms with Gasteiger partial charge in [0.15, 0.2) is 46.0 Å². The van der Waals surface area contributed by atoms with Crippen molar-refractivity contribution in [3.8, 4) is 46.0 Å². The second-order valence-electron chi connectivity index (χ2n) is 17.5. The molecule has 6 N–H and O–H groups in total. The first-order chi connectivity index (χ1) is 37.4. The zero-order chi connectivity index (χ0) is 57.6. The molecule has 1 aromatic heterocycles. The molecule has 0 unspecified atom stereocenters. The molecule has 0 bridgehead atoms. The minimum absolute atomic E-state index is 0.0908. The normalized spacial score (nSPS) is 10.3. The Bertz CT molecular complexity index is 2860. The molecule has 0 radical (unpaired) electrons. The van der Waals surface area contributed by atoms with Crippen molar-refractivity contribution >= 4 is 51.1 Å². The van der Waals surface area contributed by atoms with Crippen LogP contribution in [-0.4, -0.2) is 123 Å². The van der Waals surface area contributed by atoms with E-state index >= 15 is 0 Å². The molecule has 0 fully saturated rings. The van der Waals surface area contributed by atoms with Gasteiger partial charge in [0, 0.05) is 54.0 Å². The molecule has 20 heteroatoms. The summed E-state index contributed by atoms with van der Waals surface area (Å²) < 4.78 is 47.3. The number of carboxylic acids is 1. The summed E-state index contributed by atoms with van der Waals surface area (Å²) in [6.45, 7) is 7.39. The van der Waals surface area contributed by atoms with Crippen LogP contribution in [-0.2, 0) is 16.0 Å². The lowest BCUT2D eigenvalue weighted by atomic mass is 10.1. The number of aromatic carboxylic acids is 1. The highest BCUT2D eigenvalue weighted by molar-refractivity contribution is 7.17. The Morgan fingerprint density at radius 3 is 1.28 bits per heavy atom. The van der Waals surface area contributed by atoms with Gasteiger partial charge in [0.25, 0.3) is 17.7 Å². The van der Waals surface area contributed by atoms with Crippen molar-refractivity contribution in [3.05, 3.63) is 130 Å². The topological polar surface area (TPSA) is 251 Å². The van der Waals surface area contributed by atoms with Crippen molar-refractivity contribution in [2.45, 2.75) is 58.5 Å². The minimum Gasteiger partial charge on any atom is -0.493 e. The third-order valence-corrected chi connectivity index (χ3v) is 12.0. The number of nitrogens with one attached hydrogen (secondary N) is 3. The number of unbranched alkanes of at least 4 members (excludes halogenated alkanes) is 1. The molecule has 422 valence electrons. The fourth-order valence-electron chi connectivity index (χ4n) is 7.09. The lowest BCUT2D eigenvalue weighted by Gasteiger charge is -2.19. The third-order valence-electron chi connectivity index (χ3n) is 11.0. The van der Waals surface area contributed by atoms with E-state index in [2.05, 4.69) is 45.6 Å². The van der Waals surface area contributed by atoms with E-state index in [0.29, 0.717) is 95.3 Å². The largest absolute Gasteiger partial charge is 0.493 e. The van der Waals surface area contributed by atoms with Crippen molar-refractivity contribution in [3.63, 3.8) is 0 Å². The lowest BCUT2D eigenvalue weighted by molar-refractivity contribution is -0.154. The van der Waals surface area contributed by atoms with E-state index in [1.54, 1.807) is 93.3 Å². The molecule has 0 spiro atoms. The van der Waals surface area contributed by atoms with E-state index in [1.165, 1.54) is 63.3 Å². The van der Waals surface area contributed by atoms with Gasteiger partial charge in [-0.1, -0.05) is 18.2 Å². The SMILES string of the molecule is COc1ccc(C(=O)NCCCC(=O)OC(C)(C)C)cc1OC.COc1ccc(C(=O)NCCCCc2csc3ccccc23)cc1OC.COc1ccc(C(=O)NCCN)cc1OC.COc1ccc(C(=O)O)cc1OC. The van der Waals surface area contributed by atoms with Gasteiger partial charge in [0.1, 0.15) is 5.60 Å². The highest BCUT2D eigenvalue weighted by atomic mass is 32.1. The number of fused-ring (bicyclic) bond motifs is 1. The van der Waals surface area contributed by atoms with Gasteiger partial charge < -0.3 is 69.4 Å². The number of carbonyl (C=O) groups excluding carboxylic acids is 4. The van der Waals surface area contributed by atoms with E-state index in [-0.39, 0.29) is 35.7 Å². The monoisotopic (exact) mass is 1100 g/mol. The van der Waals surface area contributed by atoms with Crippen molar-refractivity contribution in [2.75, 3.05) is 83.1 Å². The first kappa shape index (κ1) is 64.1. The maximum Gasteiger partial charge on any atom is 0.335 e. The molecule has 0 aliphatic rings. The summed E-state index contributed by atoms with van der Waals surface area (Å²) in [5.41, 5.74) is 7.96. The Morgan fingerprint density at radius 2 is 0.885 bits per heavy atom. The number of rotatable bonds is 23. The molecule has 0 saturated carbocycles. The Hall–Kier alpha value is -8.23. The van der Waals surface area contributed by atoms with Crippen LogP contribution in [0.25, 0.3) is 10.1 Å². The number of ether oxygens (including phenoxy) is 9. The van der Waals surface area contributed by atoms with Crippen LogP contribution in [0.15, 0.2) is 102 Å². The molecule has 0 aliphatic heterocycles. The number of hydrogen-bond acceptors (Lipinski definition) is 16. The number of nitrogens with two attached hydrogens (primary N) is 1. The molecule has 1 heterocycles. The molecule has 0 aliphatic carbocycles. The van der Waals surface area contributed by atoms with E-state index in [4.69, 9.17) is 53.5 Å². The maximum absolute atomic E-state index is 12.3. The highest BCUT2D eigenvalue weighted by Crippen LogP contribution is 2.31.